The number of aromatic nitrogens is 1. The maximum absolute atomic E-state index is 13.0. The Morgan fingerprint density at radius 2 is 1.76 bits per heavy atom. The zero-order valence-corrected chi connectivity index (χ0v) is 17.9. The molecule has 0 spiro atoms. The molecule has 4 N–H and O–H groups in total. The zero-order chi connectivity index (χ0) is 24.2. The molecule has 3 rings (SSSR count). The van der Waals surface area contributed by atoms with Crippen molar-refractivity contribution in [1.29, 1.82) is 0 Å². The Labute approximate surface area is 191 Å². The Hall–Kier alpha value is -3.79. The van der Waals surface area contributed by atoms with Crippen molar-refractivity contribution >= 4 is 29.2 Å². The van der Waals surface area contributed by atoms with E-state index in [1.54, 1.807) is 37.3 Å². The van der Waals surface area contributed by atoms with Crippen LogP contribution in [0.5, 0.6) is 11.5 Å². The van der Waals surface area contributed by atoms with Gasteiger partial charge in [-0.25, -0.2) is 4.79 Å². The number of primary amides is 1. The predicted molar refractivity (Wildman–Crippen MR) is 116 cm³/mol. The van der Waals surface area contributed by atoms with Crippen molar-refractivity contribution in [2.45, 2.75) is 19.1 Å². The molecule has 1 atom stereocenters. The molecule has 1 aromatic heterocycles. The first-order valence-corrected chi connectivity index (χ1v) is 9.88. The molecule has 0 aliphatic rings. The van der Waals surface area contributed by atoms with E-state index in [4.69, 9.17) is 22.1 Å². The molecule has 0 fully saturated rings. The summed E-state index contributed by atoms with van der Waals surface area (Å²) in [5, 5.41) is 4.55. The zero-order valence-electron chi connectivity index (χ0n) is 17.1. The van der Waals surface area contributed by atoms with Gasteiger partial charge in [-0.15, -0.1) is 0 Å². The standard InChI is InChI=1S/C22H18ClF3N4O3/c1-12(29-21(32)30-14-4-7-18(23)17(10-14)22(24,25)26)13-2-5-15(6-3-13)33-16-8-9-28-19(11-16)20(27)31/h2-12H,1H3,(H2,27,31)(H2,29,30,32). The molecule has 1 heterocycles. The van der Waals surface area contributed by atoms with Crippen LogP contribution in [-0.4, -0.2) is 16.9 Å². The number of nitrogens with zero attached hydrogens (tertiary/aromatic N) is 1. The van der Waals surface area contributed by atoms with Crippen LogP contribution in [0.2, 0.25) is 5.02 Å². The number of halogens is 4. The van der Waals surface area contributed by atoms with Gasteiger partial charge in [-0.2, -0.15) is 13.2 Å². The Morgan fingerprint density at radius 1 is 1.06 bits per heavy atom. The van der Waals surface area contributed by atoms with Crippen molar-refractivity contribution in [2.24, 2.45) is 5.73 Å². The molecule has 0 saturated carbocycles. The van der Waals surface area contributed by atoms with Gasteiger partial charge < -0.3 is 21.1 Å². The van der Waals surface area contributed by atoms with Crippen LogP contribution in [0.15, 0.2) is 60.8 Å². The Balaban J connectivity index is 1.61. The van der Waals surface area contributed by atoms with E-state index in [0.717, 1.165) is 17.7 Å². The van der Waals surface area contributed by atoms with Gasteiger partial charge in [0.15, 0.2) is 0 Å². The average molecular weight is 479 g/mol. The van der Waals surface area contributed by atoms with Gasteiger partial charge in [0.25, 0.3) is 5.91 Å². The molecular formula is C22H18ClF3N4O3. The normalized spacial score (nSPS) is 12.0. The molecule has 33 heavy (non-hydrogen) atoms. The fourth-order valence-corrected chi connectivity index (χ4v) is 3.06. The Morgan fingerprint density at radius 3 is 2.39 bits per heavy atom. The number of urea groups is 1. The van der Waals surface area contributed by atoms with Crippen molar-refractivity contribution in [2.75, 3.05) is 5.32 Å². The molecule has 0 bridgehead atoms. The number of pyridine rings is 1. The third kappa shape index (κ3) is 6.36. The van der Waals surface area contributed by atoms with Crippen molar-refractivity contribution in [1.82, 2.24) is 10.3 Å². The molecule has 0 radical (unpaired) electrons. The Bertz CT molecular complexity index is 1170. The van der Waals surface area contributed by atoms with Crippen LogP contribution in [0.1, 0.15) is 34.6 Å². The second kappa shape index (κ2) is 9.78. The summed E-state index contributed by atoms with van der Waals surface area (Å²) in [6.07, 6.45) is -3.24. The quantitative estimate of drug-likeness (QED) is 0.433. The van der Waals surface area contributed by atoms with Gasteiger partial charge in [-0.3, -0.25) is 9.78 Å². The number of anilines is 1. The average Bonchev–Trinajstić information content (AvgIpc) is 2.75. The number of ether oxygens (including phenoxy) is 1. The highest BCUT2D eigenvalue weighted by atomic mass is 35.5. The second-order valence-corrected chi connectivity index (χ2v) is 7.33. The molecule has 3 aromatic rings. The minimum Gasteiger partial charge on any atom is -0.457 e. The summed E-state index contributed by atoms with van der Waals surface area (Å²) in [5.74, 6) is 0.165. The van der Waals surface area contributed by atoms with E-state index in [9.17, 15) is 22.8 Å². The summed E-state index contributed by atoms with van der Waals surface area (Å²) in [6.45, 7) is 1.71. The van der Waals surface area contributed by atoms with E-state index in [2.05, 4.69) is 15.6 Å². The molecular weight excluding hydrogens is 461 g/mol. The van der Waals surface area contributed by atoms with Crippen LogP contribution in [0.3, 0.4) is 0 Å². The van der Waals surface area contributed by atoms with E-state index < -0.39 is 34.7 Å². The van der Waals surface area contributed by atoms with Crippen molar-refractivity contribution in [3.63, 3.8) is 0 Å². The van der Waals surface area contributed by atoms with Crippen LogP contribution in [0.25, 0.3) is 0 Å². The highest BCUT2D eigenvalue weighted by molar-refractivity contribution is 6.31. The molecule has 2 aromatic carbocycles. The second-order valence-electron chi connectivity index (χ2n) is 6.92. The third-order valence-electron chi connectivity index (χ3n) is 4.48. The summed E-state index contributed by atoms with van der Waals surface area (Å²) < 4.78 is 44.6. The topological polar surface area (TPSA) is 106 Å². The highest BCUT2D eigenvalue weighted by Crippen LogP contribution is 2.36. The minimum absolute atomic E-state index is 0.0483. The van der Waals surface area contributed by atoms with Gasteiger partial charge in [-0.05, 0) is 48.9 Å². The summed E-state index contributed by atoms with van der Waals surface area (Å²) in [7, 11) is 0. The predicted octanol–water partition coefficient (Wildman–Crippen LogP) is 5.53. The van der Waals surface area contributed by atoms with E-state index >= 15 is 0 Å². The van der Waals surface area contributed by atoms with Crippen LogP contribution < -0.4 is 21.1 Å². The molecule has 0 aliphatic carbocycles. The maximum atomic E-state index is 13.0. The number of benzene rings is 2. The lowest BCUT2D eigenvalue weighted by molar-refractivity contribution is -0.137. The number of carbonyl (C=O) groups is 2. The first-order chi connectivity index (χ1) is 15.5. The molecule has 0 saturated heterocycles. The number of nitrogens with two attached hydrogens (primary N) is 1. The number of amides is 3. The lowest BCUT2D eigenvalue weighted by atomic mass is 10.1. The fourth-order valence-electron chi connectivity index (χ4n) is 2.84. The van der Waals surface area contributed by atoms with Gasteiger partial charge in [0.05, 0.1) is 16.6 Å². The van der Waals surface area contributed by atoms with E-state index in [0.29, 0.717) is 11.5 Å². The molecule has 3 amide bonds. The summed E-state index contributed by atoms with van der Waals surface area (Å²) >= 11 is 5.58. The number of nitrogens with one attached hydrogen (secondary N) is 2. The smallest absolute Gasteiger partial charge is 0.417 e. The van der Waals surface area contributed by atoms with Crippen LogP contribution >= 0.6 is 11.6 Å². The van der Waals surface area contributed by atoms with E-state index in [1.807, 2.05) is 0 Å². The largest absolute Gasteiger partial charge is 0.457 e. The summed E-state index contributed by atoms with van der Waals surface area (Å²) in [5.41, 5.74) is 4.90. The van der Waals surface area contributed by atoms with Gasteiger partial charge in [0, 0.05) is 18.0 Å². The summed E-state index contributed by atoms with van der Waals surface area (Å²) in [4.78, 5) is 27.3. The molecule has 11 heteroatoms. The van der Waals surface area contributed by atoms with E-state index in [-0.39, 0.29) is 11.4 Å². The first-order valence-electron chi connectivity index (χ1n) is 9.51. The van der Waals surface area contributed by atoms with E-state index in [1.165, 1.54) is 18.3 Å². The number of hydrogen-bond donors (Lipinski definition) is 3. The fraction of sp³-hybridized carbons (Fsp3) is 0.136. The summed E-state index contributed by atoms with van der Waals surface area (Å²) in [6, 6.07) is 11.7. The number of carbonyl (C=O) groups excluding carboxylic acids is 2. The maximum Gasteiger partial charge on any atom is 0.417 e. The van der Waals surface area contributed by atoms with Gasteiger partial charge in [0.1, 0.15) is 17.2 Å². The molecule has 7 nitrogen and oxygen atoms in total. The van der Waals surface area contributed by atoms with Gasteiger partial charge in [0.2, 0.25) is 0 Å². The monoisotopic (exact) mass is 478 g/mol. The van der Waals surface area contributed by atoms with Crippen LogP contribution in [-0.2, 0) is 6.18 Å². The molecule has 0 aliphatic heterocycles. The number of alkyl halides is 3. The lowest BCUT2D eigenvalue weighted by Crippen LogP contribution is -2.31. The third-order valence-corrected chi connectivity index (χ3v) is 4.81. The SMILES string of the molecule is CC(NC(=O)Nc1ccc(Cl)c(C(F)(F)F)c1)c1ccc(Oc2ccnc(C(N)=O)c2)cc1. The van der Waals surface area contributed by atoms with Crippen molar-refractivity contribution in [3.8, 4) is 11.5 Å². The first kappa shape index (κ1) is 23.9. The number of rotatable bonds is 6. The van der Waals surface area contributed by atoms with Crippen molar-refractivity contribution in [3.05, 3.63) is 82.6 Å². The lowest BCUT2D eigenvalue weighted by Gasteiger charge is -2.16. The van der Waals surface area contributed by atoms with Crippen LogP contribution in [0, 0.1) is 0 Å². The Kier molecular flexibility index (Phi) is 7.07. The van der Waals surface area contributed by atoms with Gasteiger partial charge in [-0.1, -0.05) is 23.7 Å². The van der Waals surface area contributed by atoms with Gasteiger partial charge >= 0.3 is 12.2 Å². The minimum atomic E-state index is -4.64. The molecule has 1 unspecified atom stereocenters. The van der Waals surface area contributed by atoms with Crippen LogP contribution in [0.4, 0.5) is 23.7 Å². The number of hydrogen-bond acceptors (Lipinski definition) is 4. The highest BCUT2D eigenvalue weighted by Gasteiger charge is 2.33. The van der Waals surface area contributed by atoms with Crippen molar-refractivity contribution < 1.29 is 27.5 Å². The molecule has 172 valence electrons.